The molecule has 4 heterocycles. The second kappa shape index (κ2) is 8.07. The van der Waals surface area contributed by atoms with Crippen LogP contribution in [-0.2, 0) is 22.7 Å². The fourth-order valence-electron chi connectivity index (χ4n) is 4.02. The quantitative estimate of drug-likeness (QED) is 0.623. The third-order valence-corrected chi connectivity index (χ3v) is 7.14. The summed E-state index contributed by atoms with van der Waals surface area (Å²) in [6.07, 6.45) is 5.04. The lowest BCUT2D eigenvalue weighted by molar-refractivity contribution is 0.248. The first-order chi connectivity index (χ1) is 15.9. The normalized spacial score (nSPS) is 17.8. The Morgan fingerprint density at radius 2 is 2.21 bits per heavy atom. The van der Waals surface area contributed by atoms with Crippen LogP contribution in [0.2, 0.25) is 0 Å². The molecule has 0 aliphatic carbocycles. The predicted octanol–water partition coefficient (Wildman–Crippen LogP) is 3.36. The van der Waals surface area contributed by atoms with Crippen molar-refractivity contribution in [3.05, 3.63) is 42.2 Å². The van der Waals surface area contributed by atoms with E-state index in [-0.39, 0.29) is 6.10 Å². The van der Waals surface area contributed by atoms with Gasteiger partial charge in [0.25, 0.3) is 0 Å². The highest BCUT2D eigenvalue weighted by Crippen LogP contribution is 2.40. The molecule has 0 spiro atoms. The zero-order valence-corrected chi connectivity index (χ0v) is 19.2. The number of amides is 2. The summed E-state index contributed by atoms with van der Waals surface area (Å²) in [5.41, 5.74) is 2.99. The van der Waals surface area contributed by atoms with Gasteiger partial charge in [0.15, 0.2) is 0 Å². The largest absolute Gasteiger partial charge is 0.493 e. The molecule has 33 heavy (non-hydrogen) atoms. The number of rotatable bonds is 4. The number of anilines is 1. The predicted molar refractivity (Wildman–Crippen MR) is 122 cm³/mol. The van der Waals surface area contributed by atoms with E-state index in [9.17, 15) is 9.00 Å². The number of hydrogen-bond acceptors (Lipinski definition) is 7. The number of aromatic nitrogens is 3. The van der Waals surface area contributed by atoms with Crippen LogP contribution in [0.4, 0.5) is 10.5 Å². The maximum absolute atomic E-state index is 13.4. The van der Waals surface area contributed by atoms with Crippen molar-refractivity contribution < 1.29 is 23.2 Å². The Kier molecular flexibility index (Phi) is 5.20. The lowest BCUT2D eigenvalue weighted by Gasteiger charge is -2.15. The second-order valence-corrected chi connectivity index (χ2v) is 10.1. The molecule has 2 amide bonds. The maximum Gasteiger partial charge on any atom is 0.353 e. The van der Waals surface area contributed by atoms with E-state index in [1.54, 1.807) is 24.1 Å². The van der Waals surface area contributed by atoms with E-state index in [2.05, 4.69) is 19.8 Å². The molecule has 3 aromatic rings. The first kappa shape index (κ1) is 21.3. The van der Waals surface area contributed by atoms with Gasteiger partial charge in [-0.2, -0.15) is 5.10 Å². The standard InChI is InChI=1S/C22H23N5O5S/c1-13-12-27-21(32-13)18(11-24-27)33(3,29)26-22(28)25-20-15(4-5-17-16(20)7-9-31-17)14-6-8-23-19(10-14)30-2/h4-6,8,10-11,13H,7,9,12H2,1-3H3,(H,25,28)/t13-,33+/m1/s1. The number of benzene rings is 1. The molecule has 2 atom stereocenters. The molecule has 0 bridgehead atoms. The highest BCUT2D eigenvalue weighted by Gasteiger charge is 2.28. The number of carbonyl (C=O) groups is 1. The van der Waals surface area contributed by atoms with Crippen LogP contribution in [0, 0.1) is 0 Å². The maximum atomic E-state index is 13.4. The number of carbonyl (C=O) groups excluding carboxylic acids is 1. The van der Waals surface area contributed by atoms with Gasteiger partial charge in [0, 0.05) is 36.1 Å². The number of ether oxygens (including phenoxy) is 3. The number of fused-ring (bicyclic) bond motifs is 2. The van der Waals surface area contributed by atoms with E-state index in [0.29, 0.717) is 47.7 Å². The van der Waals surface area contributed by atoms with E-state index < -0.39 is 15.8 Å². The molecule has 2 aliphatic heterocycles. The summed E-state index contributed by atoms with van der Waals surface area (Å²) >= 11 is 0. The zero-order valence-electron chi connectivity index (χ0n) is 18.4. The average molecular weight is 470 g/mol. The summed E-state index contributed by atoms with van der Waals surface area (Å²) in [5.74, 6) is 1.54. The van der Waals surface area contributed by atoms with Crippen LogP contribution in [0.1, 0.15) is 12.5 Å². The van der Waals surface area contributed by atoms with Crippen molar-refractivity contribution in [3.8, 4) is 28.6 Å². The zero-order chi connectivity index (χ0) is 23.2. The van der Waals surface area contributed by atoms with E-state index in [1.807, 2.05) is 25.1 Å². The van der Waals surface area contributed by atoms with E-state index >= 15 is 0 Å². The molecule has 2 aliphatic rings. The molecular weight excluding hydrogens is 446 g/mol. The second-order valence-electron chi connectivity index (χ2n) is 7.90. The summed E-state index contributed by atoms with van der Waals surface area (Å²) in [6.45, 7) is 2.97. The highest BCUT2D eigenvalue weighted by molar-refractivity contribution is 7.93. The molecule has 1 aromatic carbocycles. The minimum atomic E-state index is -3.09. The highest BCUT2D eigenvalue weighted by atomic mass is 32.2. The molecule has 1 N–H and O–H groups in total. The fraction of sp³-hybridized carbons (Fsp3) is 0.318. The summed E-state index contributed by atoms with van der Waals surface area (Å²) in [4.78, 5) is 17.4. The minimum absolute atomic E-state index is 0.0803. The van der Waals surface area contributed by atoms with Crippen molar-refractivity contribution >= 4 is 21.4 Å². The van der Waals surface area contributed by atoms with Gasteiger partial charge in [-0.3, -0.25) is 0 Å². The number of nitrogens with zero attached hydrogens (tertiary/aromatic N) is 4. The van der Waals surface area contributed by atoms with Gasteiger partial charge in [-0.15, -0.1) is 4.36 Å². The first-order valence-corrected chi connectivity index (χ1v) is 12.3. The van der Waals surface area contributed by atoms with Crippen molar-refractivity contribution in [2.24, 2.45) is 4.36 Å². The Morgan fingerprint density at radius 3 is 3.03 bits per heavy atom. The third-order valence-electron chi connectivity index (χ3n) is 5.53. The van der Waals surface area contributed by atoms with Gasteiger partial charge in [-0.05, 0) is 30.7 Å². The molecular formula is C22H23N5O5S. The molecule has 5 rings (SSSR count). The monoisotopic (exact) mass is 469 g/mol. The molecule has 0 saturated carbocycles. The van der Waals surface area contributed by atoms with Crippen molar-refractivity contribution in [2.75, 3.05) is 25.3 Å². The average Bonchev–Trinajstić information content (AvgIpc) is 3.49. The Labute approximate surface area is 191 Å². The van der Waals surface area contributed by atoms with Crippen LogP contribution in [0.5, 0.6) is 17.5 Å². The lowest BCUT2D eigenvalue weighted by Crippen LogP contribution is -2.13. The number of urea groups is 1. The Bertz CT molecular complexity index is 1380. The van der Waals surface area contributed by atoms with Crippen LogP contribution < -0.4 is 19.5 Å². The minimum Gasteiger partial charge on any atom is -0.493 e. The summed E-state index contributed by atoms with van der Waals surface area (Å²) in [5, 5.41) is 7.06. The number of hydrogen-bond donors (Lipinski definition) is 1. The van der Waals surface area contributed by atoms with Gasteiger partial charge in [0.2, 0.25) is 11.8 Å². The van der Waals surface area contributed by atoms with E-state index in [0.717, 1.165) is 16.7 Å². The van der Waals surface area contributed by atoms with Crippen molar-refractivity contribution in [2.45, 2.75) is 30.9 Å². The van der Waals surface area contributed by atoms with E-state index in [1.165, 1.54) is 12.5 Å². The Hall–Kier alpha value is -3.60. The summed E-state index contributed by atoms with van der Waals surface area (Å²) in [6, 6.07) is 6.61. The summed E-state index contributed by atoms with van der Waals surface area (Å²) in [7, 11) is -1.55. The number of methoxy groups -OCH3 is 1. The fourth-order valence-corrected chi connectivity index (χ4v) is 5.20. The number of nitrogens with one attached hydrogen (secondary N) is 1. The molecule has 0 unspecified atom stereocenters. The topological polar surface area (TPSA) is 117 Å². The SMILES string of the molecule is COc1cc(-c2ccc3c(c2NC(=O)N=[S@@](C)(=O)c2cnn4c2O[C@H](C)C4)CCO3)ccn1. The number of pyridine rings is 1. The van der Waals surface area contributed by atoms with Gasteiger partial charge in [0.05, 0.1) is 41.9 Å². The lowest BCUT2D eigenvalue weighted by atomic mass is 9.99. The summed E-state index contributed by atoms with van der Waals surface area (Å²) < 4.78 is 35.7. The molecule has 0 fully saturated rings. The molecule has 172 valence electrons. The molecule has 2 aromatic heterocycles. The van der Waals surface area contributed by atoms with Gasteiger partial charge in [-0.25, -0.2) is 18.7 Å². The van der Waals surface area contributed by atoms with Crippen molar-refractivity contribution in [3.63, 3.8) is 0 Å². The van der Waals surface area contributed by atoms with Crippen LogP contribution in [0.25, 0.3) is 11.1 Å². The van der Waals surface area contributed by atoms with Crippen LogP contribution >= 0.6 is 0 Å². The first-order valence-electron chi connectivity index (χ1n) is 10.4. The third kappa shape index (κ3) is 3.88. The smallest absolute Gasteiger partial charge is 0.353 e. The van der Waals surface area contributed by atoms with Crippen LogP contribution in [-0.4, -0.2) is 51.1 Å². The Morgan fingerprint density at radius 1 is 1.36 bits per heavy atom. The van der Waals surface area contributed by atoms with Crippen LogP contribution in [0.15, 0.2) is 45.9 Å². The van der Waals surface area contributed by atoms with Gasteiger partial charge in [-0.1, -0.05) is 0 Å². The van der Waals surface area contributed by atoms with Crippen molar-refractivity contribution in [1.29, 1.82) is 0 Å². The molecule has 0 radical (unpaired) electrons. The van der Waals surface area contributed by atoms with E-state index in [4.69, 9.17) is 14.2 Å². The van der Waals surface area contributed by atoms with Gasteiger partial charge >= 0.3 is 6.03 Å². The van der Waals surface area contributed by atoms with Crippen LogP contribution in [0.3, 0.4) is 0 Å². The van der Waals surface area contributed by atoms with Gasteiger partial charge < -0.3 is 19.5 Å². The molecule has 0 saturated heterocycles. The Balaban J connectivity index is 1.52. The van der Waals surface area contributed by atoms with Crippen molar-refractivity contribution in [1.82, 2.24) is 14.8 Å². The van der Waals surface area contributed by atoms with Gasteiger partial charge in [0.1, 0.15) is 16.7 Å². The molecule has 11 heteroatoms. The molecule has 10 nitrogen and oxygen atoms in total.